The second kappa shape index (κ2) is 7.12. The average molecular weight is 378 g/mol. The lowest BCUT2D eigenvalue weighted by Crippen LogP contribution is -2.24. The van der Waals surface area contributed by atoms with Crippen molar-refractivity contribution in [2.75, 3.05) is 18.2 Å². The van der Waals surface area contributed by atoms with E-state index < -0.39 is 27.5 Å². The summed E-state index contributed by atoms with van der Waals surface area (Å²) in [6.45, 7) is 1.61. The van der Waals surface area contributed by atoms with E-state index in [1.54, 1.807) is 20.0 Å². The number of aliphatic imine (C=N–C) groups is 1. The number of aryl methyl sites for hydroxylation is 1. The lowest BCUT2D eigenvalue weighted by Gasteiger charge is -2.23. The minimum Gasteiger partial charge on any atom is -0.370 e. The molecule has 9 heteroatoms. The molecule has 0 radical (unpaired) electrons. The maximum absolute atomic E-state index is 14.1. The van der Waals surface area contributed by atoms with E-state index in [9.17, 15) is 17.6 Å². The van der Waals surface area contributed by atoms with Crippen LogP contribution in [0.25, 0.3) is 0 Å². The number of carbonyl (C=O) groups excluding carboxylic acids is 1. The smallest absolute Gasteiger partial charge is 0.280 e. The molecule has 26 heavy (non-hydrogen) atoms. The third kappa shape index (κ3) is 3.99. The molecule has 2 rings (SSSR count). The van der Waals surface area contributed by atoms with Crippen LogP contribution in [0.4, 0.5) is 15.8 Å². The summed E-state index contributed by atoms with van der Waals surface area (Å²) in [6.07, 6.45) is 1.01. The zero-order valence-corrected chi connectivity index (χ0v) is 15.3. The second-order valence-electron chi connectivity index (χ2n) is 5.76. The van der Waals surface area contributed by atoms with Crippen LogP contribution in [0.1, 0.15) is 15.9 Å². The Hall–Kier alpha value is -2.94. The molecule has 0 heterocycles. The van der Waals surface area contributed by atoms with Crippen LogP contribution in [-0.4, -0.2) is 33.6 Å². The molecule has 0 bridgehead atoms. The fourth-order valence-electron chi connectivity index (χ4n) is 2.49. The number of nitrogens with zero attached hydrogens (tertiary/aromatic N) is 2. The van der Waals surface area contributed by atoms with Crippen molar-refractivity contribution < 1.29 is 17.6 Å². The van der Waals surface area contributed by atoms with Crippen LogP contribution in [0.2, 0.25) is 0 Å². The van der Waals surface area contributed by atoms with Crippen molar-refractivity contribution in [2.24, 2.45) is 16.5 Å². The number of carbonyl (C=O) groups is 1. The van der Waals surface area contributed by atoms with Crippen molar-refractivity contribution in [3.05, 3.63) is 53.3 Å². The summed E-state index contributed by atoms with van der Waals surface area (Å²) in [7, 11) is -2.19. The Bertz CT molecular complexity index is 999. The van der Waals surface area contributed by atoms with Gasteiger partial charge in [-0.1, -0.05) is 12.1 Å². The van der Waals surface area contributed by atoms with E-state index in [1.165, 1.54) is 35.2 Å². The molecule has 138 valence electrons. The summed E-state index contributed by atoms with van der Waals surface area (Å²) in [4.78, 5) is 16.9. The van der Waals surface area contributed by atoms with Gasteiger partial charge in [0.05, 0.1) is 16.3 Å². The number of nitrogens with two attached hydrogens (primary N) is 2. The number of benzene rings is 2. The number of halogens is 1. The maximum Gasteiger partial charge on any atom is 0.280 e. The van der Waals surface area contributed by atoms with E-state index in [-0.39, 0.29) is 21.8 Å². The fourth-order valence-corrected chi connectivity index (χ4v) is 3.40. The molecule has 0 fully saturated rings. The quantitative estimate of drug-likeness (QED) is 0.618. The minimum absolute atomic E-state index is 0.0458. The molecule has 0 spiro atoms. The van der Waals surface area contributed by atoms with Crippen LogP contribution in [0.3, 0.4) is 0 Å². The number of anilines is 2. The molecular formula is C17H19FN4O3S. The van der Waals surface area contributed by atoms with E-state index in [0.29, 0.717) is 5.56 Å². The highest BCUT2D eigenvalue weighted by molar-refractivity contribution is 7.90. The first kappa shape index (κ1) is 19.4. The number of hydrogen-bond donors (Lipinski definition) is 2. The summed E-state index contributed by atoms with van der Waals surface area (Å²) < 4.78 is 38.6. The van der Waals surface area contributed by atoms with E-state index in [4.69, 9.17) is 11.5 Å². The first-order valence-electron chi connectivity index (χ1n) is 7.49. The van der Waals surface area contributed by atoms with Gasteiger partial charge in [-0.2, -0.15) is 4.99 Å². The molecule has 0 aliphatic heterocycles. The average Bonchev–Trinajstić information content (AvgIpc) is 2.52. The molecule has 2 aromatic rings. The van der Waals surface area contributed by atoms with Crippen molar-refractivity contribution in [2.45, 2.75) is 11.8 Å². The molecule has 0 unspecified atom stereocenters. The van der Waals surface area contributed by atoms with Crippen LogP contribution in [-0.2, 0) is 9.84 Å². The SMILES string of the molecule is Cc1cc(N(C)c2ccccc2F)c(S(C)(=O)=O)cc1C(=O)N=C(N)N. The molecule has 7 nitrogen and oxygen atoms in total. The monoisotopic (exact) mass is 378 g/mol. The van der Waals surface area contributed by atoms with Crippen LogP contribution in [0.15, 0.2) is 46.3 Å². The van der Waals surface area contributed by atoms with Gasteiger partial charge < -0.3 is 16.4 Å². The Morgan fingerprint density at radius 1 is 1.15 bits per heavy atom. The zero-order chi connectivity index (χ0) is 19.6. The second-order valence-corrected chi connectivity index (χ2v) is 7.74. The number of amides is 1. The van der Waals surface area contributed by atoms with Gasteiger partial charge in [0.15, 0.2) is 15.8 Å². The molecule has 0 aliphatic carbocycles. The number of rotatable bonds is 4. The molecule has 0 aromatic heterocycles. The Kier molecular flexibility index (Phi) is 5.31. The third-order valence-electron chi connectivity index (χ3n) is 3.74. The number of sulfone groups is 1. The van der Waals surface area contributed by atoms with Gasteiger partial charge in [0.1, 0.15) is 5.82 Å². The Morgan fingerprint density at radius 3 is 2.31 bits per heavy atom. The molecule has 1 amide bonds. The highest BCUT2D eigenvalue weighted by Gasteiger charge is 2.23. The summed E-state index contributed by atoms with van der Waals surface area (Å²) in [5.74, 6) is -1.69. The van der Waals surface area contributed by atoms with Gasteiger partial charge >= 0.3 is 0 Å². The molecule has 0 saturated carbocycles. The first-order chi connectivity index (χ1) is 12.0. The molecule has 0 atom stereocenters. The van der Waals surface area contributed by atoms with Crippen LogP contribution in [0, 0.1) is 12.7 Å². The molecular weight excluding hydrogens is 359 g/mol. The largest absolute Gasteiger partial charge is 0.370 e. The van der Waals surface area contributed by atoms with Crippen molar-refractivity contribution in [3.63, 3.8) is 0 Å². The maximum atomic E-state index is 14.1. The lowest BCUT2D eigenvalue weighted by molar-refractivity contribution is 0.100. The predicted molar refractivity (Wildman–Crippen MR) is 98.9 cm³/mol. The van der Waals surface area contributed by atoms with Crippen molar-refractivity contribution in [1.29, 1.82) is 0 Å². The minimum atomic E-state index is -3.73. The molecule has 0 saturated heterocycles. The molecule has 2 aromatic carbocycles. The van der Waals surface area contributed by atoms with Gasteiger partial charge in [0.2, 0.25) is 0 Å². The fraction of sp³-hybridized carbons (Fsp3) is 0.176. The third-order valence-corrected chi connectivity index (χ3v) is 4.87. The standard InChI is InChI=1S/C17H19FN4O3S/c1-10-8-14(22(2)13-7-5-4-6-12(13)18)15(26(3,24)25)9-11(10)16(23)21-17(19)20/h4-9H,1-3H3,(H4,19,20,21,23). The van der Waals surface area contributed by atoms with Crippen LogP contribution < -0.4 is 16.4 Å². The van der Waals surface area contributed by atoms with Gasteiger partial charge in [-0.25, -0.2) is 12.8 Å². The first-order valence-corrected chi connectivity index (χ1v) is 9.38. The van der Waals surface area contributed by atoms with Gasteiger partial charge in [0, 0.05) is 18.9 Å². The summed E-state index contributed by atoms with van der Waals surface area (Å²) in [6, 6.07) is 8.65. The topological polar surface area (TPSA) is 119 Å². The summed E-state index contributed by atoms with van der Waals surface area (Å²) >= 11 is 0. The molecule has 0 aliphatic rings. The van der Waals surface area contributed by atoms with E-state index in [0.717, 1.165) is 6.26 Å². The Labute approximate surface area is 151 Å². The number of hydrogen-bond acceptors (Lipinski definition) is 4. The lowest BCUT2D eigenvalue weighted by atomic mass is 10.1. The Balaban J connectivity index is 2.71. The Morgan fingerprint density at radius 2 is 1.77 bits per heavy atom. The van der Waals surface area contributed by atoms with E-state index >= 15 is 0 Å². The number of guanidine groups is 1. The predicted octanol–water partition coefficient (Wildman–Crippen LogP) is 1.72. The van der Waals surface area contributed by atoms with Gasteiger partial charge in [-0.05, 0) is 36.8 Å². The van der Waals surface area contributed by atoms with E-state index in [2.05, 4.69) is 4.99 Å². The van der Waals surface area contributed by atoms with Gasteiger partial charge in [-0.15, -0.1) is 0 Å². The zero-order valence-electron chi connectivity index (χ0n) is 14.5. The summed E-state index contributed by atoms with van der Waals surface area (Å²) in [5.41, 5.74) is 11.4. The van der Waals surface area contributed by atoms with Crippen molar-refractivity contribution in [1.82, 2.24) is 0 Å². The normalized spacial score (nSPS) is 11.1. The van der Waals surface area contributed by atoms with Gasteiger partial charge in [0.25, 0.3) is 5.91 Å². The highest BCUT2D eigenvalue weighted by atomic mass is 32.2. The van der Waals surface area contributed by atoms with Crippen molar-refractivity contribution >= 4 is 33.1 Å². The highest BCUT2D eigenvalue weighted by Crippen LogP contribution is 2.34. The van der Waals surface area contributed by atoms with Crippen LogP contribution >= 0.6 is 0 Å². The molecule has 4 N–H and O–H groups in total. The van der Waals surface area contributed by atoms with Gasteiger partial charge in [-0.3, -0.25) is 4.79 Å². The van der Waals surface area contributed by atoms with E-state index in [1.807, 2.05) is 0 Å². The van der Waals surface area contributed by atoms with Crippen LogP contribution in [0.5, 0.6) is 0 Å². The summed E-state index contributed by atoms with van der Waals surface area (Å²) in [5, 5.41) is 0. The van der Waals surface area contributed by atoms with Crippen molar-refractivity contribution in [3.8, 4) is 0 Å². The number of para-hydroxylation sites is 1.